The third-order valence-corrected chi connectivity index (χ3v) is 2.67. The van der Waals surface area contributed by atoms with Gasteiger partial charge in [-0.25, -0.2) is 0 Å². The lowest BCUT2D eigenvalue weighted by molar-refractivity contribution is 0.408. The minimum Gasteiger partial charge on any atom is -0.496 e. The molecule has 0 aliphatic heterocycles. The van der Waals surface area contributed by atoms with Crippen molar-refractivity contribution >= 4 is 5.69 Å². The molecule has 2 heteroatoms. The fourth-order valence-corrected chi connectivity index (χ4v) is 1.83. The maximum Gasteiger partial charge on any atom is 0.125 e. The summed E-state index contributed by atoms with van der Waals surface area (Å²) in [5, 5.41) is 3.45. The van der Waals surface area contributed by atoms with Gasteiger partial charge < -0.3 is 10.1 Å². The van der Waals surface area contributed by atoms with E-state index in [0.717, 1.165) is 5.75 Å². The molecule has 1 rings (SSSR count). The summed E-state index contributed by atoms with van der Waals surface area (Å²) in [7, 11) is 1.73. The molecule has 2 nitrogen and oxygen atoms in total. The fourth-order valence-electron chi connectivity index (χ4n) is 1.83. The number of methoxy groups -OCH3 is 1. The summed E-state index contributed by atoms with van der Waals surface area (Å²) in [5.41, 5.74) is 4.89. The van der Waals surface area contributed by atoms with Gasteiger partial charge in [-0.15, -0.1) is 0 Å². The number of anilines is 1. The van der Waals surface area contributed by atoms with Crippen LogP contribution < -0.4 is 10.1 Å². The average molecular weight is 207 g/mol. The van der Waals surface area contributed by atoms with E-state index in [1.165, 1.54) is 22.4 Å². The predicted octanol–water partition coefficient (Wildman–Crippen LogP) is 3.44. The highest BCUT2D eigenvalue weighted by molar-refractivity contribution is 5.61. The number of nitrogens with one attached hydrogen (secondary N) is 1. The number of ether oxygens (including phenoxy) is 1. The van der Waals surface area contributed by atoms with Crippen LogP contribution in [0.2, 0.25) is 0 Å². The maximum absolute atomic E-state index is 5.39. The molecule has 0 amide bonds. The summed E-state index contributed by atoms with van der Waals surface area (Å²) in [4.78, 5) is 0. The van der Waals surface area contributed by atoms with E-state index < -0.39 is 0 Å². The smallest absolute Gasteiger partial charge is 0.125 e. The van der Waals surface area contributed by atoms with Gasteiger partial charge >= 0.3 is 0 Å². The SMILES string of the molecule is COc1c(C)cc(NC(C)C)c(C)c1C. The van der Waals surface area contributed by atoms with Gasteiger partial charge in [0.15, 0.2) is 0 Å². The molecule has 0 unspecified atom stereocenters. The number of rotatable bonds is 3. The Morgan fingerprint density at radius 1 is 1.13 bits per heavy atom. The van der Waals surface area contributed by atoms with Crippen LogP contribution >= 0.6 is 0 Å². The summed E-state index contributed by atoms with van der Waals surface area (Å²) < 4.78 is 5.39. The number of hydrogen-bond donors (Lipinski definition) is 1. The molecule has 0 saturated carbocycles. The molecule has 0 atom stereocenters. The van der Waals surface area contributed by atoms with E-state index in [-0.39, 0.29) is 0 Å². The zero-order valence-corrected chi connectivity index (χ0v) is 10.6. The minimum absolute atomic E-state index is 0.455. The third-order valence-electron chi connectivity index (χ3n) is 2.67. The van der Waals surface area contributed by atoms with Crippen molar-refractivity contribution in [3.63, 3.8) is 0 Å². The summed E-state index contributed by atoms with van der Waals surface area (Å²) >= 11 is 0. The number of aryl methyl sites for hydroxylation is 1. The summed E-state index contributed by atoms with van der Waals surface area (Å²) in [5.74, 6) is 1.00. The molecule has 0 aliphatic rings. The molecule has 0 spiro atoms. The normalized spacial score (nSPS) is 10.6. The van der Waals surface area contributed by atoms with Crippen molar-refractivity contribution in [1.29, 1.82) is 0 Å². The monoisotopic (exact) mass is 207 g/mol. The summed E-state index contributed by atoms with van der Waals surface area (Å²) in [6.45, 7) is 10.6. The van der Waals surface area contributed by atoms with E-state index in [2.05, 4.69) is 46.0 Å². The van der Waals surface area contributed by atoms with Crippen LogP contribution in [0.15, 0.2) is 6.07 Å². The first kappa shape index (κ1) is 11.9. The van der Waals surface area contributed by atoms with Crippen molar-refractivity contribution in [2.24, 2.45) is 0 Å². The topological polar surface area (TPSA) is 21.3 Å². The first-order valence-electron chi connectivity index (χ1n) is 5.38. The molecule has 0 aromatic heterocycles. The molecule has 84 valence electrons. The molecule has 1 N–H and O–H groups in total. The van der Waals surface area contributed by atoms with Gasteiger partial charge in [0.1, 0.15) is 5.75 Å². The van der Waals surface area contributed by atoms with Gasteiger partial charge in [-0.2, -0.15) is 0 Å². The fraction of sp³-hybridized carbons (Fsp3) is 0.538. The van der Waals surface area contributed by atoms with E-state index in [1.807, 2.05) is 0 Å². The minimum atomic E-state index is 0.455. The van der Waals surface area contributed by atoms with Crippen molar-refractivity contribution in [2.75, 3.05) is 12.4 Å². The predicted molar refractivity (Wildman–Crippen MR) is 66.0 cm³/mol. The van der Waals surface area contributed by atoms with Crippen LogP contribution in [0.3, 0.4) is 0 Å². The van der Waals surface area contributed by atoms with E-state index in [1.54, 1.807) is 7.11 Å². The first-order valence-corrected chi connectivity index (χ1v) is 5.38. The van der Waals surface area contributed by atoms with Gasteiger partial charge in [-0.1, -0.05) is 0 Å². The average Bonchev–Trinajstić information content (AvgIpc) is 2.14. The first-order chi connectivity index (χ1) is 6.97. The Morgan fingerprint density at radius 2 is 1.73 bits per heavy atom. The Morgan fingerprint density at radius 3 is 2.20 bits per heavy atom. The van der Waals surface area contributed by atoms with E-state index in [9.17, 15) is 0 Å². The van der Waals surface area contributed by atoms with E-state index in [4.69, 9.17) is 4.74 Å². The molecular formula is C13H21NO. The summed E-state index contributed by atoms with van der Waals surface area (Å²) in [6.07, 6.45) is 0. The van der Waals surface area contributed by atoms with E-state index in [0.29, 0.717) is 6.04 Å². The second-order valence-electron chi connectivity index (χ2n) is 4.32. The molecule has 0 saturated heterocycles. The molecule has 1 aromatic carbocycles. The second-order valence-corrected chi connectivity index (χ2v) is 4.32. The lowest BCUT2D eigenvalue weighted by Gasteiger charge is -2.18. The molecule has 15 heavy (non-hydrogen) atoms. The maximum atomic E-state index is 5.39. The molecule has 1 aromatic rings. The Labute approximate surface area is 92.6 Å². The van der Waals surface area contributed by atoms with Crippen molar-refractivity contribution in [3.8, 4) is 5.75 Å². The standard InChI is InChI=1S/C13H21NO/c1-8(2)14-12-7-9(3)13(15-6)11(5)10(12)4/h7-8,14H,1-6H3. The quantitative estimate of drug-likeness (QED) is 0.819. The largest absolute Gasteiger partial charge is 0.496 e. The highest BCUT2D eigenvalue weighted by atomic mass is 16.5. The van der Waals surface area contributed by atoms with Gasteiger partial charge in [0.05, 0.1) is 7.11 Å². The van der Waals surface area contributed by atoms with Crippen LogP contribution in [0.25, 0.3) is 0 Å². The van der Waals surface area contributed by atoms with Crippen molar-refractivity contribution in [3.05, 3.63) is 22.8 Å². The van der Waals surface area contributed by atoms with Crippen molar-refractivity contribution < 1.29 is 4.74 Å². The Bertz CT molecular complexity index is 356. The number of benzene rings is 1. The van der Waals surface area contributed by atoms with Gasteiger partial charge in [0.2, 0.25) is 0 Å². The molecule has 0 heterocycles. The highest BCUT2D eigenvalue weighted by Gasteiger charge is 2.10. The lowest BCUT2D eigenvalue weighted by Crippen LogP contribution is -2.11. The zero-order valence-electron chi connectivity index (χ0n) is 10.6. The van der Waals surface area contributed by atoms with Gasteiger partial charge in [0.25, 0.3) is 0 Å². The van der Waals surface area contributed by atoms with Crippen molar-refractivity contribution in [1.82, 2.24) is 0 Å². The van der Waals surface area contributed by atoms with Crippen LogP contribution in [0.5, 0.6) is 5.75 Å². The van der Waals surface area contributed by atoms with Gasteiger partial charge in [0, 0.05) is 11.7 Å². The van der Waals surface area contributed by atoms with Crippen LogP contribution in [-0.4, -0.2) is 13.2 Å². The lowest BCUT2D eigenvalue weighted by atomic mass is 10.0. The van der Waals surface area contributed by atoms with Gasteiger partial charge in [-0.3, -0.25) is 0 Å². The van der Waals surface area contributed by atoms with Crippen LogP contribution in [-0.2, 0) is 0 Å². The Balaban J connectivity index is 3.21. The molecule has 0 bridgehead atoms. The Kier molecular flexibility index (Phi) is 3.61. The summed E-state index contributed by atoms with van der Waals surface area (Å²) in [6, 6.07) is 2.61. The number of hydrogen-bond acceptors (Lipinski definition) is 2. The highest BCUT2D eigenvalue weighted by Crippen LogP contribution is 2.31. The zero-order chi connectivity index (χ0) is 11.6. The molecule has 0 aliphatic carbocycles. The van der Waals surface area contributed by atoms with Crippen molar-refractivity contribution in [2.45, 2.75) is 40.7 Å². The molecule has 0 fully saturated rings. The Hall–Kier alpha value is -1.18. The third kappa shape index (κ3) is 2.44. The van der Waals surface area contributed by atoms with Crippen LogP contribution in [0.1, 0.15) is 30.5 Å². The van der Waals surface area contributed by atoms with Gasteiger partial charge in [-0.05, 0) is 57.4 Å². The molecular weight excluding hydrogens is 186 g/mol. The van der Waals surface area contributed by atoms with E-state index >= 15 is 0 Å². The van der Waals surface area contributed by atoms with Crippen LogP contribution in [0, 0.1) is 20.8 Å². The van der Waals surface area contributed by atoms with Crippen LogP contribution in [0.4, 0.5) is 5.69 Å². The second kappa shape index (κ2) is 4.56. The molecule has 0 radical (unpaired) electrons.